The van der Waals surface area contributed by atoms with E-state index in [1.54, 1.807) is 6.07 Å². The Morgan fingerprint density at radius 1 is 1.31 bits per heavy atom. The van der Waals surface area contributed by atoms with Gasteiger partial charge in [-0.1, -0.05) is 25.4 Å². The second-order valence-electron chi connectivity index (χ2n) is 4.90. The van der Waals surface area contributed by atoms with E-state index in [0.717, 1.165) is 17.3 Å². The molecule has 1 aliphatic carbocycles. The highest BCUT2D eigenvalue weighted by Gasteiger charge is 2.29. The van der Waals surface area contributed by atoms with E-state index in [4.69, 9.17) is 17.3 Å². The molecule has 3 N–H and O–H groups in total. The average Bonchev–Trinajstić information content (AvgIpc) is 2.54. The highest BCUT2D eigenvalue weighted by atomic mass is 35.5. The van der Waals surface area contributed by atoms with Crippen LogP contribution in [0.3, 0.4) is 0 Å². The molecule has 0 heterocycles. The maximum atomic E-state index is 5.93. The van der Waals surface area contributed by atoms with E-state index in [1.807, 2.05) is 12.1 Å². The number of halogens is 1. The third-order valence-corrected chi connectivity index (χ3v) is 4.05. The normalized spacial score (nSPS) is 29.3. The molecule has 0 aliphatic heterocycles. The van der Waals surface area contributed by atoms with E-state index >= 15 is 0 Å². The van der Waals surface area contributed by atoms with Crippen LogP contribution in [0.5, 0.6) is 0 Å². The molecule has 3 heteroatoms. The first kappa shape index (κ1) is 11.6. The molecule has 3 atom stereocenters. The minimum absolute atomic E-state index is 0.540. The highest BCUT2D eigenvalue weighted by molar-refractivity contribution is 6.31. The minimum Gasteiger partial charge on any atom is -0.397 e. The molecule has 0 amide bonds. The molecule has 3 unspecified atom stereocenters. The van der Waals surface area contributed by atoms with Crippen LogP contribution in [0.4, 0.5) is 11.4 Å². The van der Waals surface area contributed by atoms with E-state index in [0.29, 0.717) is 17.0 Å². The maximum Gasteiger partial charge on any atom is 0.0577 e. The fourth-order valence-corrected chi connectivity index (χ4v) is 2.61. The number of nitrogens with one attached hydrogen (secondary N) is 1. The molecule has 2 rings (SSSR count). The number of rotatable bonds is 2. The van der Waals surface area contributed by atoms with Crippen molar-refractivity contribution in [2.75, 3.05) is 11.1 Å². The third kappa shape index (κ3) is 2.27. The van der Waals surface area contributed by atoms with Gasteiger partial charge in [0.1, 0.15) is 0 Å². The van der Waals surface area contributed by atoms with Crippen LogP contribution in [-0.4, -0.2) is 6.04 Å². The van der Waals surface area contributed by atoms with Crippen molar-refractivity contribution in [2.45, 2.75) is 32.7 Å². The zero-order chi connectivity index (χ0) is 11.7. The van der Waals surface area contributed by atoms with Crippen LogP contribution in [0.15, 0.2) is 18.2 Å². The van der Waals surface area contributed by atoms with E-state index in [-0.39, 0.29) is 0 Å². The lowest BCUT2D eigenvalue weighted by Crippen LogP contribution is -2.24. The molecule has 0 saturated heterocycles. The molecule has 0 aromatic heterocycles. The Morgan fingerprint density at radius 3 is 2.62 bits per heavy atom. The van der Waals surface area contributed by atoms with Crippen LogP contribution in [0, 0.1) is 11.8 Å². The second-order valence-corrected chi connectivity index (χ2v) is 5.33. The summed E-state index contributed by atoms with van der Waals surface area (Å²) in [6.07, 6.45) is 2.52. The van der Waals surface area contributed by atoms with Gasteiger partial charge >= 0.3 is 0 Å². The zero-order valence-corrected chi connectivity index (χ0v) is 10.6. The van der Waals surface area contributed by atoms with Gasteiger partial charge in [0.05, 0.1) is 11.4 Å². The average molecular weight is 239 g/mol. The van der Waals surface area contributed by atoms with Crippen LogP contribution in [0.1, 0.15) is 26.7 Å². The molecule has 88 valence electrons. The zero-order valence-electron chi connectivity index (χ0n) is 9.83. The summed E-state index contributed by atoms with van der Waals surface area (Å²) in [6, 6.07) is 6.18. The smallest absolute Gasteiger partial charge is 0.0577 e. The molecular weight excluding hydrogens is 220 g/mol. The quantitative estimate of drug-likeness (QED) is 0.770. The predicted octanol–water partition coefficient (Wildman–Crippen LogP) is 3.77. The Labute approximate surface area is 102 Å². The van der Waals surface area contributed by atoms with Gasteiger partial charge in [-0.2, -0.15) is 0 Å². The van der Waals surface area contributed by atoms with Crippen molar-refractivity contribution in [1.82, 2.24) is 0 Å². The van der Waals surface area contributed by atoms with Crippen LogP contribution in [-0.2, 0) is 0 Å². The monoisotopic (exact) mass is 238 g/mol. The van der Waals surface area contributed by atoms with Crippen molar-refractivity contribution in [3.05, 3.63) is 23.2 Å². The first-order chi connectivity index (χ1) is 7.58. The van der Waals surface area contributed by atoms with Crippen molar-refractivity contribution >= 4 is 23.0 Å². The predicted molar refractivity (Wildman–Crippen MR) is 70.8 cm³/mol. The lowest BCUT2D eigenvalue weighted by atomic mass is 9.97. The first-order valence-electron chi connectivity index (χ1n) is 5.89. The van der Waals surface area contributed by atoms with Crippen LogP contribution >= 0.6 is 11.6 Å². The van der Waals surface area contributed by atoms with Gasteiger partial charge in [0, 0.05) is 11.1 Å². The van der Waals surface area contributed by atoms with Crippen LogP contribution < -0.4 is 11.1 Å². The Hall–Kier alpha value is -0.890. The molecule has 0 bridgehead atoms. The molecule has 2 nitrogen and oxygen atoms in total. The molecule has 1 aliphatic rings. The number of benzene rings is 1. The second kappa shape index (κ2) is 4.54. The van der Waals surface area contributed by atoms with Crippen molar-refractivity contribution in [1.29, 1.82) is 0 Å². The molecule has 1 saturated carbocycles. The highest BCUT2D eigenvalue weighted by Crippen LogP contribution is 2.34. The van der Waals surface area contributed by atoms with Crippen molar-refractivity contribution in [2.24, 2.45) is 11.8 Å². The Morgan fingerprint density at radius 2 is 2.06 bits per heavy atom. The summed E-state index contributed by atoms with van der Waals surface area (Å²) in [5.74, 6) is 1.50. The summed E-state index contributed by atoms with van der Waals surface area (Å²) in [6.45, 7) is 4.62. The van der Waals surface area contributed by atoms with Gasteiger partial charge < -0.3 is 11.1 Å². The van der Waals surface area contributed by atoms with Gasteiger partial charge in [0.2, 0.25) is 0 Å². The van der Waals surface area contributed by atoms with Crippen molar-refractivity contribution in [3.8, 4) is 0 Å². The first-order valence-corrected chi connectivity index (χ1v) is 6.27. The van der Waals surface area contributed by atoms with E-state index in [2.05, 4.69) is 19.2 Å². The van der Waals surface area contributed by atoms with Crippen LogP contribution in [0.2, 0.25) is 5.02 Å². The molecule has 1 aromatic rings. The van der Waals surface area contributed by atoms with E-state index in [1.165, 1.54) is 12.8 Å². The summed E-state index contributed by atoms with van der Waals surface area (Å²) in [4.78, 5) is 0. The summed E-state index contributed by atoms with van der Waals surface area (Å²) in [7, 11) is 0. The summed E-state index contributed by atoms with van der Waals surface area (Å²) >= 11 is 5.88. The Kier molecular flexibility index (Phi) is 3.29. The van der Waals surface area contributed by atoms with Gasteiger partial charge in [-0.3, -0.25) is 0 Å². The number of hydrogen-bond donors (Lipinski definition) is 2. The Bertz CT molecular complexity index is 378. The van der Waals surface area contributed by atoms with Crippen LogP contribution in [0.25, 0.3) is 0 Å². The molecular formula is C13H19ClN2. The van der Waals surface area contributed by atoms with Gasteiger partial charge in [0.15, 0.2) is 0 Å². The summed E-state index contributed by atoms with van der Waals surface area (Å²) < 4.78 is 0. The SMILES string of the molecule is CC1CCC(Nc2ccc(Cl)cc2N)C1C. The fourth-order valence-electron chi connectivity index (χ4n) is 2.43. The molecule has 0 radical (unpaired) electrons. The molecule has 0 spiro atoms. The largest absolute Gasteiger partial charge is 0.397 e. The molecule has 1 fully saturated rings. The number of nitrogens with two attached hydrogens (primary N) is 1. The van der Waals surface area contributed by atoms with E-state index in [9.17, 15) is 0 Å². The molecule has 16 heavy (non-hydrogen) atoms. The fraction of sp³-hybridized carbons (Fsp3) is 0.538. The number of hydrogen-bond acceptors (Lipinski definition) is 2. The van der Waals surface area contributed by atoms with E-state index < -0.39 is 0 Å². The lowest BCUT2D eigenvalue weighted by Gasteiger charge is -2.21. The van der Waals surface area contributed by atoms with Gasteiger partial charge in [-0.25, -0.2) is 0 Å². The summed E-state index contributed by atoms with van der Waals surface area (Å²) in [5.41, 5.74) is 7.68. The lowest BCUT2D eigenvalue weighted by molar-refractivity contribution is 0.435. The standard InChI is InChI=1S/C13H19ClN2/c1-8-3-5-12(9(8)2)16-13-6-4-10(14)7-11(13)15/h4,6-9,12,16H,3,5,15H2,1-2H3. The van der Waals surface area contributed by atoms with Gasteiger partial charge in [-0.05, 0) is 42.9 Å². The van der Waals surface area contributed by atoms with Crippen molar-refractivity contribution < 1.29 is 0 Å². The summed E-state index contributed by atoms with van der Waals surface area (Å²) in [5, 5.41) is 4.22. The molecule has 1 aromatic carbocycles. The number of anilines is 2. The Balaban J connectivity index is 2.09. The van der Waals surface area contributed by atoms with Gasteiger partial charge in [0.25, 0.3) is 0 Å². The topological polar surface area (TPSA) is 38.0 Å². The maximum absolute atomic E-state index is 5.93. The van der Waals surface area contributed by atoms with Gasteiger partial charge in [-0.15, -0.1) is 0 Å². The number of nitrogen functional groups attached to an aromatic ring is 1. The third-order valence-electron chi connectivity index (χ3n) is 3.82. The van der Waals surface area contributed by atoms with Crippen molar-refractivity contribution in [3.63, 3.8) is 0 Å². The minimum atomic E-state index is 0.540.